The highest BCUT2D eigenvalue weighted by molar-refractivity contribution is 7.90. The predicted molar refractivity (Wildman–Crippen MR) is 58.6 cm³/mol. The van der Waals surface area contributed by atoms with Crippen molar-refractivity contribution in [1.29, 1.82) is 0 Å². The van der Waals surface area contributed by atoms with Gasteiger partial charge in [-0.2, -0.15) is 0 Å². The van der Waals surface area contributed by atoms with E-state index in [2.05, 4.69) is 6.92 Å². The summed E-state index contributed by atoms with van der Waals surface area (Å²) >= 11 is 0. The molecule has 1 fully saturated rings. The first-order valence-electron chi connectivity index (χ1n) is 5.14. The van der Waals surface area contributed by atoms with Crippen molar-refractivity contribution in [1.82, 2.24) is 4.31 Å². The molecular weight excluding hydrogens is 198 g/mol. The third kappa shape index (κ3) is 1.96. The number of nitrogens with zero attached hydrogens (tertiary/aromatic N) is 1. The van der Waals surface area contributed by atoms with Crippen LogP contribution in [0.15, 0.2) is 0 Å². The van der Waals surface area contributed by atoms with Crippen molar-refractivity contribution in [2.45, 2.75) is 51.3 Å². The fourth-order valence-corrected chi connectivity index (χ4v) is 3.21. The highest BCUT2D eigenvalue weighted by atomic mass is 32.2. The fraction of sp³-hybridized carbons (Fsp3) is 1.00. The van der Waals surface area contributed by atoms with Crippen LogP contribution in [-0.4, -0.2) is 30.6 Å². The van der Waals surface area contributed by atoms with E-state index in [1.54, 1.807) is 32.1 Å². The number of hydrogen-bond acceptors (Lipinski definition) is 2. The lowest BCUT2D eigenvalue weighted by Crippen LogP contribution is -2.50. The lowest BCUT2D eigenvalue weighted by molar-refractivity contribution is 0.176. The zero-order valence-corrected chi connectivity index (χ0v) is 10.6. The molecule has 84 valence electrons. The lowest BCUT2D eigenvalue weighted by atomic mass is 9.82. The summed E-state index contributed by atoms with van der Waals surface area (Å²) in [5.41, 5.74) is 0. The normalized spacial score (nSPS) is 29.0. The first-order chi connectivity index (χ1) is 6.16. The van der Waals surface area contributed by atoms with Crippen LogP contribution < -0.4 is 0 Å². The summed E-state index contributed by atoms with van der Waals surface area (Å²) < 4.78 is 24.9. The Morgan fingerprint density at radius 1 is 1.21 bits per heavy atom. The lowest BCUT2D eigenvalue weighted by Gasteiger charge is -2.41. The van der Waals surface area contributed by atoms with Gasteiger partial charge in [0.05, 0.1) is 4.75 Å². The average molecular weight is 219 g/mol. The molecule has 1 aliphatic carbocycles. The van der Waals surface area contributed by atoms with Crippen molar-refractivity contribution in [2.24, 2.45) is 5.92 Å². The van der Waals surface area contributed by atoms with Gasteiger partial charge in [-0.25, -0.2) is 12.7 Å². The maximum absolute atomic E-state index is 12.0. The van der Waals surface area contributed by atoms with E-state index in [1.807, 2.05) is 0 Å². The molecule has 3 nitrogen and oxygen atoms in total. The molecule has 0 aromatic heterocycles. The van der Waals surface area contributed by atoms with Crippen molar-refractivity contribution >= 4 is 10.0 Å². The maximum atomic E-state index is 12.0. The zero-order chi connectivity index (χ0) is 11.1. The second kappa shape index (κ2) is 3.49. The summed E-state index contributed by atoms with van der Waals surface area (Å²) in [6, 6.07) is 0.231. The number of rotatable bonds is 2. The Hall–Kier alpha value is -0.0900. The summed E-state index contributed by atoms with van der Waals surface area (Å²) in [5.74, 6) is 0.678. The Balaban J connectivity index is 2.75. The van der Waals surface area contributed by atoms with E-state index in [0.29, 0.717) is 5.92 Å². The highest BCUT2D eigenvalue weighted by Gasteiger charge is 2.40. The van der Waals surface area contributed by atoms with Crippen LogP contribution in [0.25, 0.3) is 0 Å². The quantitative estimate of drug-likeness (QED) is 0.710. The molecule has 0 atom stereocenters. The highest BCUT2D eigenvalue weighted by Crippen LogP contribution is 2.34. The van der Waals surface area contributed by atoms with Gasteiger partial charge in [-0.1, -0.05) is 6.92 Å². The second-order valence-corrected chi connectivity index (χ2v) is 8.11. The molecule has 0 heterocycles. The minimum Gasteiger partial charge on any atom is -0.212 e. The SMILES string of the molecule is CN([C@H]1C[C@@H](C)C1)S(=O)(=O)C(C)(C)C. The van der Waals surface area contributed by atoms with Gasteiger partial charge in [0, 0.05) is 13.1 Å². The number of hydrogen-bond donors (Lipinski definition) is 0. The molecule has 0 spiro atoms. The smallest absolute Gasteiger partial charge is 0.212 e. The van der Waals surface area contributed by atoms with Crippen molar-refractivity contribution < 1.29 is 8.42 Å². The molecule has 4 heteroatoms. The third-order valence-electron chi connectivity index (χ3n) is 3.02. The van der Waals surface area contributed by atoms with Gasteiger partial charge in [-0.15, -0.1) is 0 Å². The summed E-state index contributed by atoms with van der Waals surface area (Å²) in [6.45, 7) is 7.41. The Labute approximate surface area is 87.5 Å². The van der Waals surface area contributed by atoms with E-state index in [0.717, 1.165) is 12.8 Å². The minimum atomic E-state index is -3.13. The Morgan fingerprint density at radius 2 is 1.64 bits per heavy atom. The van der Waals surface area contributed by atoms with E-state index in [-0.39, 0.29) is 6.04 Å². The molecule has 0 amide bonds. The van der Waals surface area contributed by atoms with Gasteiger partial charge in [0.1, 0.15) is 0 Å². The van der Waals surface area contributed by atoms with Gasteiger partial charge >= 0.3 is 0 Å². The van der Waals surface area contributed by atoms with Crippen LogP contribution in [0.4, 0.5) is 0 Å². The first kappa shape index (κ1) is 12.0. The minimum absolute atomic E-state index is 0.231. The molecule has 1 saturated carbocycles. The molecule has 0 N–H and O–H groups in total. The van der Waals surface area contributed by atoms with E-state index < -0.39 is 14.8 Å². The van der Waals surface area contributed by atoms with E-state index in [9.17, 15) is 8.42 Å². The van der Waals surface area contributed by atoms with Crippen LogP contribution in [-0.2, 0) is 10.0 Å². The largest absolute Gasteiger partial charge is 0.219 e. The number of sulfonamides is 1. The molecule has 0 aromatic rings. The van der Waals surface area contributed by atoms with Crippen molar-refractivity contribution in [3.05, 3.63) is 0 Å². The third-order valence-corrected chi connectivity index (χ3v) is 5.62. The van der Waals surface area contributed by atoms with E-state index in [4.69, 9.17) is 0 Å². The molecule has 0 saturated heterocycles. The van der Waals surface area contributed by atoms with E-state index in [1.165, 1.54) is 0 Å². The standard InChI is InChI=1S/C10H21NO2S/c1-8-6-9(7-8)11(5)14(12,13)10(2,3)4/h8-9H,6-7H2,1-5H3/t8-,9+. The van der Waals surface area contributed by atoms with Gasteiger partial charge in [-0.3, -0.25) is 0 Å². The van der Waals surface area contributed by atoms with Crippen LogP contribution >= 0.6 is 0 Å². The Morgan fingerprint density at radius 3 is 1.93 bits per heavy atom. The molecule has 0 aromatic carbocycles. The molecule has 0 bridgehead atoms. The zero-order valence-electron chi connectivity index (χ0n) is 9.74. The molecule has 1 aliphatic rings. The Bertz CT molecular complexity index is 297. The molecule has 1 rings (SSSR count). The summed E-state index contributed by atoms with van der Waals surface area (Å²) in [5, 5.41) is 0. The van der Waals surface area contributed by atoms with E-state index >= 15 is 0 Å². The van der Waals surface area contributed by atoms with Gasteiger partial charge < -0.3 is 0 Å². The fourth-order valence-electron chi connectivity index (χ4n) is 1.79. The Kier molecular flexibility index (Phi) is 2.99. The van der Waals surface area contributed by atoms with Gasteiger partial charge in [0.15, 0.2) is 0 Å². The second-order valence-electron chi connectivity index (χ2n) is 5.36. The first-order valence-corrected chi connectivity index (χ1v) is 6.58. The van der Waals surface area contributed by atoms with Crippen molar-refractivity contribution in [2.75, 3.05) is 7.05 Å². The summed E-state index contributed by atoms with van der Waals surface area (Å²) in [7, 11) is -1.42. The maximum Gasteiger partial charge on any atom is 0.219 e. The van der Waals surface area contributed by atoms with Gasteiger partial charge in [0.2, 0.25) is 10.0 Å². The van der Waals surface area contributed by atoms with Crippen LogP contribution in [0.1, 0.15) is 40.5 Å². The van der Waals surface area contributed by atoms with Crippen LogP contribution in [0.2, 0.25) is 0 Å². The summed E-state index contributed by atoms with van der Waals surface area (Å²) in [4.78, 5) is 0. The average Bonchev–Trinajstić information content (AvgIpc) is 1.95. The topological polar surface area (TPSA) is 37.4 Å². The van der Waals surface area contributed by atoms with Gasteiger partial charge in [0.25, 0.3) is 0 Å². The molecule has 0 unspecified atom stereocenters. The van der Waals surface area contributed by atoms with Crippen molar-refractivity contribution in [3.8, 4) is 0 Å². The van der Waals surface area contributed by atoms with Crippen LogP contribution in [0, 0.1) is 5.92 Å². The summed E-state index contributed by atoms with van der Waals surface area (Å²) in [6.07, 6.45) is 2.01. The molecule has 14 heavy (non-hydrogen) atoms. The van der Waals surface area contributed by atoms with Crippen LogP contribution in [0.3, 0.4) is 0 Å². The van der Waals surface area contributed by atoms with Gasteiger partial charge in [-0.05, 0) is 39.5 Å². The molecule has 0 radical (unpaired) electrons. The van der Waals surface area contributed by atoms with Crippen LogP contribution in [0.5, 0.6) is 0 Å². The molecular formula is C10H21NO2S. The van der Waals surface area contributed by atoms with Crippen molar-refractivity contribution in [3.63, 3.8) is 0 Å². The monoisotopic (exact) mass is 219 g/mol. The predicted octanol–water partition coefficient (Wildman–Crippen LogP) is 1.85. The molecule has 0 aliphatic heterocycles.